The minimum Gasteiger partial charge on any atom is -0.480 e. The number of carboxylic acid groups (broad SMARTS) is 1. The van der Waals surface area contributed by atoms with Crippen molar-refractivity contribution in [2.24, 2.45) is 0 Å². The number of nitrogens with one attached hydrogen (secondary N) is 1. The van der Waals surface area contributed by atoms with Crippen LogP contribution in [0.3, 0.4) is 0 Å². The van der Waals surface area contributed by atoms with Crippen molar-refractivity contribution in [2.75, 3.05) is 0 Å². The highest BCUT2D eigenvalue weighted by molar-refractivity contribution is 8.14. The van der Waals surface area contributed by atoms with Crippen LogP contribution in [0.15, 0.2) is 60.7 Å². The lowest BCUT2D eigenvalue weighted by molar-refractivity contribution is -0.141. The van der Waals surface area contributed by atoms with Crippen LogP contribution < -0.4 is 5.32 Å². The summed E-state index contributed by atoms with van der Waals surface area (Å²) in [4.78, 5) is 35.7. The zero-order valence-corrected chi connectivity index (χ0v) is 15.2. The highest BCUT2D eigenvalue weighted by atomic mass is 32.2. The number of thioether (sulfide) groups is 1. The molecule has 0 saturated heterocycles. The molecule has 5 nitrogen and oxygen atoms in total. The fraction of sp³-hybridized carbons (Fsp3) is 0.250. The molecule has 2 atom stereocenters. The number of carbonyl (C=O) groups excluding carboxylic acids is 2. The van der Waals surface area contributed by atoms with E-state index in [1.54, 1.807) is 0 Å². The molecule has 26 heavy (non-hydrogen) atoms. The minimum atomic E-state index is -1.10. The topological polar surface area (TPSA) is 83.5 Å². The van der Waals surface area contributed by atoms with Gasteiger partial charge in [0.15, 0.2) is 5.12 Å². The number of benzene rings is 2. The Kier molecular flexibility index (Phi) is 7.41. The van der Waals surface area contributed by atoms with Crippen molar-refractivity contribution in [3.63, 3.8) is 0 Å². The molecular formula is C20H21NO4S. The lowest BCUT2D eigenvalue weighted by atomic mass is 10.1. The zero-order valence-electron chi connectivity index (χ0n) is 14.4. The van der Waals surface area contributed by atoms with Crippen molar-refractivity contribution < 1.29 is 19.5 Å². The van der Waals surface area contributed by atoms with Crippen LogP contribution in [-0.4, -0.2) is 33.4 Å². The Bertz CT molecular complexity index is 749. The van der Waals surface area contributed by atoms with Gasteiger partial charge in [0.1, 0.15) is 6.04 Å². The van der Waals surface area contributed by atoms with E-state index in [9.17, 15) is 19.5 Å². The van der Waals surface area contributed by atoms with Gasteiger partial charge in [-0.3, -0.25) is 9.59 Å². The monoisotopic (exact) mass is 371 g/mol. The Morgan fingerprint density at radius 3 is 1.88 bits per heavy atom. The Balaban J connectivity index is 2.09. The second kappa shape index (κ2) is 9.77. The molecular weight excluding hydrogens is 350 g/mol. The maximum absolute atomic E-state index is 12.6. The summed E-state index contributed by atoms with van der Waals surface area (Å²) in [5.74, 6) is -1.55. The predicted octanol–water partition coefficient (Wildman–Crippen LogP) is 2.69. The third-order valence-corrected chi connectivity index (χ3v) is 4.76. The average molecular weight is 371 g/mol. The van der Waals surface area contributed by atoms with Gasteiger partial charge >= 0.3 is 5.97 Å². The maximum atomic E-state index is 12.6. The van der Waals surface area contributed by atoms with Gasteiger partial charge in [0, 0.05) is 13.3 Å². The lowest BCUT2D eigenvalue weighted by Gasteiger charge is -2.19. The van der Waals surface area contributed by atoms with Crippen molar-refractivity contribution in [1.82, 2.24) is 5.32 Å². The van der Waals surface area contributed by atoms with E-state index in [0.29, 0.717) is 6.42 Å². The van der Waals surface area contributed by atoms with E-state index < -0.39 is 23.2 Å². The fourth-order valence-electron chi connectivity index (χ4n) is 2.53. The molecule has 0 aliphatic carbocycles. The molecule has 0 aromatic heterocycles. The molecule has 0 fully saturated rings. The highest BCUT2D eigenvalue weighted by Crippen LogP contribution is 2.18. The molecule has 2 aromatic rings. The molecule has 0 aliphatic rings. The SMILES string of the molecule is CC(=O)S[C@@H](Cc1ccccc1)C(=O)N[C@@H](Cc1ccccc1)C(=O)O. The van der Waals surface area contributed by atoms with Crippen molar-refractivity contribution in [3.05, 3.63) is 71.8 Å². The molecule has 1 amide bonds. The first-order chi connectivity index (χ1) is 12.5. The van der Waals surface area contributed by atoms with Gasteiger partial charge in [-0.05, 0) is 17.5 Å². The summed E-state index contributed by atoms with van der Waals surface area (Å²) in [6, 6.07) is 17.4. The van der Waals surface area contributed by atoms with Crippen molar-refractivity contribution >= 4 is 28.8 Å². The normalized spacial score (nSPS) is 12.8. The van der Waals surface area contributed by atoms with Gasteiger partial charge in [-0.25, -0.2) is 4.79 Å². The zero-order chi connectivity index (χ0) is 18.9. The summed E-state index contributed by atoms with van der Waals surface area (Å²) >= 11 is 0.919. The smallest absolute Gasteiger partial charge is 0.326 e. The predicted molar refractivity (Wildman–Crippen MR) is 102 cm³/mol. The Morgan fingerprint density at radius 2 is 1.42 bits per heavy atom. The number of aliphatic carboxylic acids is 1. The summed E-state index contributed by atoms with van der Waals surface area (Å²) in [7, 11) is 0. The van der Waals surface area contributed by atoms with E-state index in [1.807, 2.05) is 60.7 Å². The van der Waals surface area contributed by atoms with Gasteiger partial charge in [-0.2, -0.15) is 0 Å². The third-order valence-electron chi connectivity index (χ3n) is 3.76. The van der Waals surface area contributed by atoms with E-state index in [1.165, 1.54) is 6.92 Å². The lowest BCUT2D eigenvalue weighted by Crippen LogP contribution is -2.46. The Labute approximate surface area is 156 Å². The molecule has 0 radical (unpaired) electrons. The van der Waals surface area contributed by atoms with Crippen LogP contribution in [-0.2, 0) is 27.2 Å². The Morgan fingerprint density at radius 1 is 0.923 bits per heavy atom. The summed E-state index contributed by atoms with van der Waals surface area (Å²) in [5.41, 5.74) is 1.73. The molecule has 0 bridgehead atoms. The van der Waals surface area contributed by atoms with Crippen molar-refractivity contribution in [1.29, 1.82) is 0 Å². The van der Waals surface area contributed by atoms with E-state index >= 15 is 0 Å². The van der Waals surface area contributed by atoms with E-state index in [4.69, 9.17) is 0 Å². The summed E-state index contributed by atoms with van der Waals surface area (Å²) < 4.78 is 0. The first-order valence-electron chi connectivity index (χ1n) is 8.24. The summed E-state index contributed by atoms with van der Waals surface area (Å²) in [6.07, 6.45) is 0.541. The van der Waals surface area contributed by atoms with Crippen molar-refractivity contribution in [3.8, 4) is 0 Å². The van der Waals surface area contributed by atoms with Gasteiger partial charge in [0.2, 0.25) is 5.91 Å². The number of carboxylic acids is 1. The van der Waals surface area contributed by atoms with Gasteiger partial charge in [0.05, 0.1) is 5.25 Å². The number of hydrogen-bond acceptors (Lipinski definition) is 4. The molecule has 2 rings (SSSR count). The number of amides is 1. The standard InChI is InChI=1S/C20H21NO4S/c1-14(22)26-18(13-16-10-6-3-7-11-16)19(23)21-17(20(24)25)12-15-8-4-2-5-9-15/h2-11,17-18H,12-13H2,1H3,(H,21,23)(H,24,25)/t17-,18-/m0/s1. The number of hydrogen-bond donors (Lipinski definition) is 2. The average Bonchev–Trinajstić information content (AvgIpc) is 2.62. The largest absolute Gasteiger partial charge is 0.480 e. The molecule has 2 aromatic carbocycles. The van der Waals surface area contributed by atoms with Crippen LogP contribution in [0.25, 0.3) is 0 Å². The second-order valence-electron chi connectivity index (χ2n) is 5.88. The third kappa shape index (κ3) is 6.37. The van der Waals surface area contributed by atoms with Crippen LogP contribution in [0.5, 0.6) is 0 Å². The minimum absolute atomic E-state index is 0.184. The van der Waals surface area contributed by atoms with Gasteiger partial charge < -0.3 is 10.4 Å². The van der Waals surface area contributed by atoms with Crippen LogP contribution in [0.1, 0.15) is 18.1 Å². The van der Waals surface area contributed by atoms with E-state index in [0.717, 1.165) is 22.9 Å². The molecule has 0 spiro atoms. The summed E-state index contributed by atoms with van der Waals surface area (Å²) in [5, 5.41) is 11.2. The molecule has 0 unspecified atom stereocenters. The van der Waals surface area contributed by atoms with Crippen LogP contribution in [0.2, 0.25) is 0 Å². The summed E-state index contributed by atoms with van der Waals surface area (Å²) in [6.45, 7) is 1.40. The highest BCUT2D eigenvalue weighted by Gasteiger charge is 2.27. The molecule has 0 saturated carbocycles. The molecule has 0 heterocycles. The first-order valence-corrected chi connectivity index (χ1v) is 9.12. The fourth-order valence-corrected chi connectivity index (χ4v) is 3.38. The molecule has 2 N–H and O–H groups in total. The molecule has 136 valence electrons. The molecule has 0 aliphatic heterocycles. The number of carbonyl (C=O) groups is 3. The molecule has 6 heteroatoms. The Hall–Kier alpha value is -2.60. The number of rotatable bonds is 8. The van der Waals surface area contributed by atoms with Crippen molar-refractivity contribution in [2.45, 2.75) is 31.1 Å². The van der Waals surface area contributed by atoms with E-state index in [2.05, 4.69) is 5.32 Å². The van der Waals surface area contributed by atoms with Gasteiger partial charge in [-0.1, -0.05) is 72.4 Å². The van der Waals surface area contributed by atoms with Crippen LogP contribution in [0.4, 0.5) is 0 Å². The second-order valence-corrected chi connectivity index (χ2v) is 7.26. The van der Waals surface area contributed by atoms with Crippen LogP contribution >= 0.6 is 11.8 Å². The van der Waals surface area contributed by atoms with Gasteiger partial charge in [0.25, 0.3) is 0 Å². The maximum Gasteiger partial charge on any atom is 0.326 e. The van der Waals surface area contributed by atoms with Crippen LogP contribution in [0, 0.1) is 0 Å². The quantitative estimate of drug-likeness (QED) is 0.745. The van der Waals surface area contributed by atoms with E-state index in [-0.39, 0.29) is 11.5 Å². The van der Waals surface area contributed by atoms with Gasteiger partial charge in [-0.15, -0.1) is 0 Å². The first kappa shape index (κ1) is 19.7.